The average molecular weight is 263 g/mol. The number of anilines is 1. The number of rotatable bonds is 4. The Morgan fingerprint density at radius 3 is 2.74 bits per heavy atom. The second kappa shape index (κ2) is 5.84. The molecule has 0 fully saturated rings. The molecule has 0 saturated carbocycles. The molecule has 4 N–H and O–H groups in total. The average Bonchev–Trinajstić information content (AvgIpc) is 2.36. The number of hydrogen-bond acceptors (Lipinski definition) is 4. The maximum Gasteiger partial charge on any atom is 0.337 e. The van der Waals surface area contributed by atoms with Crippen molar-refractivity contribution in [1.29, 1.82) is 5.26 Å². The van der Waals surface area contributed by atoms with Crippen molar-refractivity contribution in [2.45, 2.75) is 12.5 Å². The molecule has 1 atom stereocenters. The Hall–Kier alpha value is -2.59. The van der Waals surface area contributed by atoms with E-state index in [0.29, 0.717) is 11.3 Å². The van der Waals surface area contributed by atoms with Crippen LogP contribution in [0.15, 0.2) is 24.3 Å². The zero-order valence-corrected chi connectivity index (χ0v) is 10.2. The van der Waals surface area contributed by atoms with Crippen molar-refractivity contribution >= 4 is 17.7 Å². The Balaban J connectivity index is 2.57. The lowest BCUT2D eigenvalue weighted by molar-refractivity contribution is -0.155. The van der Waals surface area contributed by atoms with Crippen molar-refractivity contribution in [3.05, 3.63) is 29.8 Å². The third-order valence-electron chi connectivity index (χ3n) is 2.30. The molecule has 0 aromatic heterocycles. The van der Waals surface area contributed by atoms with E-state index in [9.17, 15) is 14.7 Å². The molecule has 1 aromatic rings. The normalized spacial score (nSPS) is 12.9. The molecular formula is C12H13N3O4. The van der Waals surface area contributed by atoms with Crippen molar-refractivity contribution in [2.24, 2.45) is 0 Å². The van der Waals surface area contributed by atoms with E-state index in [1.54, 1.807) is 18.2 Å². The first-order chi connectivity index (χ1) is 8.85. The molecule has 7 heteroatoms. The summed E-state index contributed by atoms with van der Waals surface area (Å²) in [5.41, 5.74) is -1.26. The topological polar surface area (TPSA) is 122 Å². The van der Waals surface area contributed by atoms with Crippen molar-refractivity contribution in [1.82, 2.24) is 5.32 Å². The second-order valence-corrected chi connectivity index (χ2v) is 4.08. The number of carbonyl (C=O) groups is 2. The Morgan fingerprint density at radius 2 is 2.16 bits per heavy atom. The summed E-state index contributed by atoms with van der Waals surface area (Å²) < 4.78 is 0. The van der Waals surface area contributed by atoms with Gasteiger partial charge in [0.05, 0.1) is 18.2 Å². The molecule has 19 heavy (non-hydrogen) atoms. The van der Waals surface area contributed by atoms with Crippen molar-refractivity contribution < 1.29 is 19.8 Å². The molecule has 0 aliphatic carbocycles. The fourth-order valence-electron chi connectivity index (χ4n) is 1.17. The minimum atomic E-state index is -2.04. The third-order valence-corrected chi connectivity index (χ3v) is 2.30. The van der Waals surface area contributed by atoms with Crippen LogP contribution >= 0.6 is 0 Å². The summed E-state index contributed by atoms with van der Waals surface area (Å²) in [6, 6.07) is 7.48. The number of carbonyl (C=O) groups excluding carboxylic acids is 1. The molecule has 0 aliphatic heterocycles. The van der Waals surface area contributed by atoms with E-state index < -0.39 is 24.1 Å². The van der Waals surface area contributed by atoms with Crippen LogP contribution in [0.2, 0.25) is 0 Å². The maximum absolute atomic E-state index is 11.5. The lowest BCUT2D eigenvalue weighted by atomic mass is 10.1. The predicted octanol–water partition coefficient (Wildman–Crippen LogP) is 0.515. The number of nitrogens with zero attached hydrogens (tertiary/aromatic N) is 1. The van der Waals surface area contributed by atoms with E-state index in [2.05, 4.69) is 10.6 Å². The Labute approximate surface area is 109 Å². The standard InChI is InChI=1S/C12H13N3O4/c1-12(19,10(16)17)7-14-11(18)15-9-4-2-3-8(5-9)6-13/h2-5,19H,7H2,1H3,(H,16,17)(H2,14,15,18). The molecule has 1 rings (SSSR count). The molecule has 7 nitrogen and oxygen atoms in total. The first kappa shape index (κ1) is 14.5. The van der Waals surface area contributed by atoms with Crippen molar-refractivity contribution in [3.8, 4) is 6.07 Å². The summed E-state index contributed by atoms with van der Waals surface area (Å²) in [5, 5.41) is 31.4. The van der Waals surface area contributed by atoms with Gasteiger partial charge in [0, 0.05) is 5.69 Å². The number of carboxylic acid groups (broad SMARTS) is 1. The highest BCUT2D eigenvalue weighted by molar-refractivity contribution is 5.90. The van der Waals surface area contributed by atoms with Gasteiger partial charge in [-0.3, -0.25) is 0 Å². The SMILES string of the molecule is CC(O)(CNC(=O)Nc1cccc(C#N)c1)C(=O)O. The molecule has 0 aliphatic rings. The van der Waals surface area contributed by atoms with Gasteiger partial charge in [-0.2, -0.15) is 5.26 Å². The van der Waals surface area contributed by atoms with Gasteiger partial charge in [-0.25, -0.2) is 9.59 Å². The van der Waals surface area contributed by atoms with Crippen molar-refractivity contribution in [2.75, 3.05) is 11.9 Å². The van der Waals surface area contributed by atoms with Crippen LogP contribution in [-0.2, 0) is 4.79 Å². The van der Waals surface area contributed by atoms with Gasteiger partial charge in [0.1, 0.15) is 0 Å². The lowest BCUT2D eigenvalue weighted by Gasteiger charge is -2.18. The Bertz CT molecular complexity index is 534. The number of urea groups is 1. The van der Waals surface area contributed by atoms with Gasteiger partial charge in [-0.15, -0.1) is 0 Å². The molecule has 0 radical (unpaired) electrons. The number of hydrogen-bond donors (Lipinski definition) is 4. The molecule has 0 bridgehead atoms. The Morgan fingerprint density at radius 1 is 1.47 bits per heavy atom. The van der Waals surface area contributed by atoms with Gasteiger partial charge in [-0.1, -0.05) is 6.07 Å². The van der Waals surface area contributed by atoms with E-state index in [-0.39, 0.29) is 0 Å². The molecule has 2 amide bonds. The number of nitriles is 1. The van der Waals surface area contributed by atoms with Crippen LogP contribution in [-0.4, -0.2) is 34.4 Å². The number of aliphatic hydroxyl groups is 1. The number of carboxylic acids is 1. The highest BCUT2D eigenvalue weighted by Crippen LogP contribution is 2.09. The fourth-order valence-corrected chi connectivity index (χ4v) is 1.17. The van der Waals surface area contributed by atoms with E-state index in [4.69, 9.17) is 10.4 Å². The summed E-state index contributed by atoms with van der Waals surface area (Å²) in [4.78, 5) is 22.1. The van der Waals surface area contributed by atoms with E-state index >= 15 is 0 Å². The molecule has 1 aromatic carbocycles. The molecule has 0 saturated heterocycles. The van der Waals surface area contributed by atoms with Gasteiger partial charge in [0.25, 0.3) is 0 Å². The zero-order chi connectivity index (χ0) is 14.5. The minimum absolute atomic E-state index is 0.385. The van der Waals surface area contributed by atoms with Crippen LogP contribution in [0.5, 0.6) is 0 Å². The fraction of sp³-hybridized carbons (Fsp3) is 0.250. The predicted molar refractivity (Wildman–Crippen MR) is 66.4 cm³/mol. The number of benzene rings is 1. The zero-order valence-electron chi connectivity index (χ0n) is 10.2. The monoisotopic (exact) mass is 263 g/mol. The van der Waals surface area contributed by atoms with E-state index in [1.807, 2.05) is 6.07 Å². The summed E-state index contributed by atoms with van der Waals surface area (Å²) in [6.07, 6.45) is 0. The van der Waals surface area contributed by atoms with Crippen LogP contribution in [0.3, 0.4) is 0 Å². The molecule has 1 unspecified atom stereocenters. The minimum Gasteiger partial charge on any atom is -0.479 e. The maximum atomic E-state index is 11.5. The number of aliphatic carboxylic acids is 1. The third kappa shape index (κ3) is 4.29. The molecular weight excluding hydrogens is 250 g/mol. The lowest BCUT2D eigenvalue weighted by Crippen LogP contribution is -2.47. The highest BCUT2D eigenvalue weighted by Gasteiger charge is 2.30. The first-order valence-electron chi connectivity index (χ1n) is 5.36. The van der Waals surface area contributed by atoms with Gasteiger partial charge in [0.15, 0.2) is 5.60 Å². The van der Waals surface area contributed by atoms with E-state index in [1.165, 1.54) is 6.07 Å². The first-order valence-corrected chi connectivity index (χ1v) is 5.36. The van der Waals surface area contributed by atoms with Crippen LogP contribution < -0.4 is 10.6 Å². The molecule has 0 spiro atoms. The summed E-state index contributed by atoms with van der Waals surface area (Å²) in [7, 11) is 0. The van der Waals surface area contributed by atoms with Crippen LogP contribution in [0.25, 0.3) is 0 Å². The summed E-state index contributed by atoms with van der Waals surface area (Å²) in [5.74, 6) is -1.43. The van der Waals surface area contributed by atoms with Crippen LogP contribution in [0, 0.1) is 11.3 Å². The number of nitrogens with one attached hydrogen (secondary N) is 2. The van der Waals surface area contributed by atoms with Gasteiger partial charge in [-0.05, 0) is 25.1 Å². The van der Waals surface area contributed by atoms with Gasteiger partial charge < -0.3 is 20.8 Å². The van der Waals surface area contributed by atoms with Gasteiger partial charge in [0.2, 0.25) is 0 Å². The largest absolute Gasteiger partial charge is 0.479 e. The Kier molecular flexibility index (Phi) is 4.45. The second-order valence-electron chi connectivity index (χ2n) is 4.08. The molecule has 100 valence electrons. The smallest absolute Gasteiger partial charge is 0.337 e. The van der Waals surface area contributed by atoms with E-state index in [0.717, 1.165) is 6.92 Å². The van der Waals surface area contributed by atoms with Crippen LogP contribution in [0.1, 0.15) is 12.5 Å². The summed E-state index contributed by atoms with van der Waals surface area (Å²) in [6.45, 7) is 0.637. The van der Waals surface area contributed by atoms with Crippen LogP contribution in [0.4, 0.5) is 10.5 Å². The quantitative estimate of drug-likeness (QED) is 0.630. The van der Waals surface area contributed by atoms with Crippen molar-refractivity contribution in [3.63, 3.8) is 0 Å². The number of amides is 2. The molecule has 0 heterocycles. The van der Waals surface area contributed by atoms with Gasteiger partial charge >= 0.3 is 12.0 Å². The highest BCUT2D eigenvalue weighted by atomic mass is 16.4. The summed E-state index contributed by atoms with van der Waals surface area (Å²) >= 11 is 0.